The summed E-state index contributed by atoms with van der Waals surface area (Å²) < 4.78 is 103. The zero-order chi connectivity index (χ0) is 23.5. The Balaban J connectivity index is 1.76. The number of aldehydes is 1. The van der Waals surface area contributed by atoms with Crippen molar-refractivity contribution >= 4 is 6.29 Å². The highest BCUT2D eigenvalue weighted by molar-refractivity contribution is 5.56. The van der Waals surface area contributed by atoms with Gasteiger partial charge in [-0.2, -0.15) is 26.3 Å². The van der Waals surface area contributed by atoms with Crippen LogP contribution in [0.5, 0.6) is 0 Å². The van der Waals surface area contributed by atoms with Crippen LogP contribution in [0.1, 0.15) is 34.6 Å². The van der Waals surface area contributed by atoms with Crippen molar-refractivity contribution in [2.75, 3.05) is 13.2 Å². The van der Waals surface area contributed by atoms with Gasteiger partial charge in [0.1, 0.15) is 12.1 Å². The molecule has 2 aromatic rings. The molecule has 2 aromatic carbocycles. The molecule has 174 valence electrons. The Labute approximate surface area is 179 Å². The van der Waals surface area contributed by atoms with E-state index in [9.17, 15) is 35.5 Å². The molecule has 1 saturated heterocycles. The summed E-state index contributed by atoms with van der Waals surface area (Å²) in [6, 6.07) is 6.73. The summed E-state index contributed by atoms with van der Waals surface area (Å²) in [5, 5.41) is 0. The molecule has 1 fully saturated rings. The fourth-order valence-corrected chi connectivity index (χ4v) is 3.66. The van der Waals surface area contributed by atoms with Crippen LogP contribution >= 0.6 is 0 Å². The van der Waals surface area contributed by atoms with Crippen molar-refractivity contribution in [1.29, 1.82) is 0 Å². The number of hydrogen-bond acceptors (Lipinski definition) is 3. The van der Waals surface area contributed by atoms with Gasteiger partial charge in [0.05, 0.1) is 24.3 Å². The normalized spacial score (nSPS) is 22.0. The molecule has 0 radical (unpaired) electrons. The minimum absolute atomic E-state index is 0.0633. The molecular weight excluding hydrogens is 445 g/mol. The van der Waals surface area contributed by atoms with Gasteiger partial charge < -0.3 is 14.3 Å². The van der Waals surface area contributed by atoms with Gasteiger partial charge >= 0.3 is 12.4 Å². The number of carbonyl (C=O) groups excluding carboxylic acids is 1. The lowest BCUT2D eigenvalue weighted by molar-refractivity contribution is -0.186. The summed E-state index contributed by atoms with van der Waals surface area (Å²) in [5.41, 5.74) is -2.43. The Morgan fingerprint density at radius 1 is 0.969 bits per heavy atom. The molecule has 0 saturated carbocycles. The van der Waals surface area contributed by atoms with Crippen LogP contribution < -0.4 is 0 Å². The predicted octanol–water partition coefficient (Wildman–Crippen LogP) is 5.77. The minimum Gasteiger partial charge on any atom is -0.352 e. The number of ether oxygens (including phenoxy) is 2. The maximum atomic E-state index is 13.3. The third kappa shape index (κ3) is 5.86. The maximum absolute atomic E-state index is 13.3. The van der Waals surface area contributed by atoms with E-state index in [1.807, 2.05) is 0 Å². The molecule has 0 amide bonds. The molecule has 0 bridgehead atoms. The van der Waals surface area contributed by atoms with E-state index in [2.05, 4.69) is 0 Å². The van der Waals surface area contributed by atoms with E-state index in [-0.39, 0.29) is 31.3 Å². The monoisotopic (exact) mass is 464 g/mol. The van der Waals surface area contributed by atoms with E-state index in [0.717, 1.165) is 6.29 Å². The van der Waals surface area contributed by atoms with Crippen molar-refractivity contribution in [3.05, 3.63) is 70.5 Å². The van der Waals surface area contributed by atoms with Crippen LogP contribution in [-0.4, -0.2) is 25.8 Å². The van der Waals surface area contributed by atoms with Gasteiger partial charge in [0.25, 0.3) is 0 Å². The molecule has 3 rings (SSSR count). The van der Waals surface area contributed by atoms with Crippen molar-refractivity contribution in [2.24, 2.45) is 5.92 Å². The second-order valence-electron chi connectivity index (χ2n) is 7.44. The van der Waals surface area contributed by atoms with Crippen LogP contribution in [0.4, 0.5) is 30.7 Å². The van der Waals surface area contributed by atoms with Gasteiger partial charge in [0.15, 0.2) is 6.29 Å². The summed E-state index contributed by atoms with van der Waals surface area (Å²) in [6.45, 7) is -0.0555. The Morgan fingerprint density at radius 2 is 1.56 bits per heavy atom. The quantitative estimate of drug-likeness (QED) is 0.403. The molecular formula is C22H19F7O3. The zero-order valence-corrected chi connectivity index (χ0v) is 16.5. The number of hydrogen-bond donors (Lipinski definition) is 0. The van der Waals surface area contributed by atoms with Crippen molar-refractivity contribution in [2.45, 2.75) is 37.4 Å². The Kier molecular flexibility index (Phi) is 7.24. The Morgan fingerprint density at radius 3 is 2.09 bits per heavy atom. The van der Waals surface area contributed by atoms with Gasteiger partial charge in [-0.1, -0.05) is 12.1 Å². The summed E-state index contributed by atoms with van der Waals surface area (Å²) >= 11 is 0. The van der Waals surface area contributed by atoms with Gasteiger partial charge in [-0.3, -0.25) is 0 Å². The molecule has 0 N–H and O–H groups in total. The van der Waals surface area contributed by atoms with Crippen LogP contribution in [0.15, 0.2) is 42.5 Å². The number of benzene rings is 2. The standard InChI is InChI=1S/C22H19F7O3/c23-18-3-1-14(2-4-18)19-15(12-30)6-8-32-20(19)31-7-5-13-9-16(21(24,25)26)11-17(10-13)22(27,28)29/h1-4,9-12,15,19-20H,5-8H2/t15-,19-,20?/m0/s1. The predicted molar refractivity (Wildman–Crippen MR) is 99.2 cm³/mol. The van der Waals surface area contributed by atoms with Gasteiger partial charge in [-0.05, 0) is 54.3 Å². The zero-order valence-electron chi connectivity index (χ0n) is 16.5. The van der Waals surface area contributed by atoms with E-state index in [4.69, 9.17) is 9.47 Å². The molecule has 1 aliphatic heterocycles. The molecule has 0 aromatic heterocycles. The van der Waals surface area contributed by atoms with Crippen LogP contribution in [0.2, 0.25) is 0 Å². The van der Waals surface area contributed by atoms with Gasteiger partial charge in [-0.25, -0.2) is 4.39 Å². The summed E-state index contributed by atoms with van der Waals surface area (Å²) in [5.74, 6) is -1.56. The van der Waals surface area contributed by atoms with E-state index in [1.54, 1.807) is 0 Å². The first-order valence-electron chi connectivity index (χ1n) is 9.71. The summed E-state index contributed by atoms with van der Waals surface area (Å²) in [6.07, 6.45) is -9.95. The molecule has 32 heavy (non-hydrogen) atoms. The fourth-order valence-electron chi connectivity index (χ4n) is 3.66. The average molecular weight is 464 g/mol. The molecule has 3 atom stereocenters. The van der Waals surface area contributed by atoms with Gasteiger partial charge in [0.2, 0.25) is 0 Å². The fraction of sp³-hybridized carbons (Fsp3) is 0.409. The van der Waals surface area contributed by atoms with Crippen LogP contribution in [0.3, 0.4) is 0 Å². The lowest BCUT2D eigenvalue weighted by Crippen LogP contribution is -2.37. The van der Waals surface area contributed by atoms with Crippen LogP contribution in [0, 0.1) is 11.7 Å². The smallest absolute Gasteiger partial charge is 0.352 e. The second kappa shape index (κ2) is 9.58. The highest BCUT2D eigenvalue weighted by atomic mass is 19.4. The third-order valence-corrected chi connectivity index (χ3v) is 5.24. The summed E-state index contributed by atoms with van der Waals surface area (Å²) in [7, 11) is 0. The molecule has 1 heterocycles. The average Bonchev–Trinajstić information content (AvgIpc) is 2.73. The van der Waals surface area contributed by atoms with Crippen LogP contribution in [-0.2, 0) is 33.0 Å². The highest BCUT2D eigenvalue weighted by Crippen LogP contribution is 2.38. The molecule has 10 heteroatoms. The molecule has 3 nitrogen and oxygen atoms in total. The topological polar surface area (TPSA) is 35.5 Å². The van der Waals surface area contributed by atoms with Gasteiger partial charge in [0, 0.05) is 11.8 Å². The Bertz CT molecular complexity index is 890. The highest BCUT2D eigenvalue weighted by Gasteiger charge is 2.38. The lowest BCUT2D eigenvalue weighted by atomic mass is 9.83. The van der Waals surface area contributed by atoms with Crippen molar-refractivity contribution in [3.63, 3.8) is 0 Å². The first-order valence-corrected chi connectivity index (χ1v) is 9.71. The molecule has 1 unspecified atom stereocenters. The molecule has 0 spiro atoms. The number of alkyl halides is 6. The van der Waals surface area contributed by atoms with Crippen molar-refractivity contribution in [3.8, 4) is 0 Å². The number of carbonyl (C=O) groups is 1. The molecule has 0 aliphatic carbocycles. The van der Waals surface area contributed by atoms with Crippen molar-refractivity contribution < 1.29 is 45.0 Å². The van der Waals surface area contributed by atoms with Gasteiger partial charge in [-0.15, -0.1) is 0 Å². The van der Waals surface area contributed by atoms with E-state index in [1.165, 1.54) is 24.3 Å². The first kappa shape index (κ1) is 24.2. The minimum atomic E-state index is -4.94. The van der Waals surface area contributed by atoms with E-state index < -0.39 is 47.4 Å². The second-order valence-corrected chi connectivity index (χ2v) is 7.44. The maximum Gasteiger partial charge on any atom is 0.416 e. The van der Waals surface area contributed by atoms with E-state index >= 15 is 0 Å². The van der Waals surface area contributed by atoms with Crippen LogP contribution in [0.25, 0.3) is 0 Å². The lowest BCUT2D eigenvalue weighted by Gasteiger charge is -2.35. The van der Waals surface area contributed by atoms with Crippen molar-refractivity contribution in [1.82, 2.24) is 0 Å². The third-order valence-electron chi connectivity index (χ3n) is 5.24. The largest absolute Gasteiger partial charge is 0.416 e. The molecule has 1 aliphatic rings. The summed E-state index contributed by atoms with van der Waals surface area (Å²) in [4.78, 5) is 11.5. The SMILES string of the molecule is O=C[C@@H]1CCOC(OCCc2cc(C(F)(F)F)cc(C(F)(F)F)c2)[C@H]1c1ccc(F)cc1. The number of rotatable bonds is 6. The first-order chi connectivity index (χ1) is 15.0. The van der Waals surface area contributed by atoms with E-state index in [0.29, 0.717) is 24.1 Å². The number of halogens is 7. The Hall–Kier alpha value is -2.46.